The van der Waals surface area contributed by atoms with E-state index in [0.29, 0.717) is 12.3 Å². The van der Waals surface area contributed by atoms with Crippen molar-refractivity contribution in [2.24, 2.45) is 0 Å². The van der Waals surface area contributed by atoms with E-state index in [4.69, 9.17) is 9.47 Å². The highest BCUT2D eigenvalue weighted by Gasteiger charge is 2.20. The summed E-state index contributed by atoms with van der Waals surface area (Å²) < 4.78 is 10.9. The number of rotatable bonds is 6. The van der Waals surface area contributed by atoms with Crippen LogP contribution in [0.5, 0.6) is 0 Å². The zero-order valence-corrected chi connectivity index (χ0v) is 11.8. The second-order valence-corrected chi connectivity index (χ2v) is 4.91. The van der Waals surface area contributed by atoms with E-state index in [0.717, 1.165) is 19.4 Å². The molecule has 1 aromatic carbocycles. The maximum absolute atomic E-state index is 12.0. The van der Waals surface area contributed by atoms with Crippen molar-refractivity contribution in [2.45, 2.75) is 32.0 Å². The molecule has 2 atom stereocenters. The molecular weight excluding hydrogens is 276 g/mol. The second kappa shape index (κ2) is 7.14. The van der Waals surface area contributed by atoms with E-state index in [2.05, 4.69) is 5.32 Å². The minimum atomic E-state index is -0.645. The van der Waals surface area contributed by atoms with Crippen LogP contribution in [0.4, 0.5) is 11.4 Å². The first-order valence-corrected chi connectivity index (χ1v) is 6.85. The van der Waals surface area contributed by atoms with Gasteiger partial charge in [0.1, 0.15) is 6.10 Å². The summed E-state index contributed by atoms with van der Waals surface area (Å²) in [5.74, 6) is -0.339. The van der Waals surface area contributed by atoms with E-state index in [9.17, 15) is 14.9 Å². The van der Waals surface area contributed by atoms with E-state index < -0.39 is 11.0 Å². The van der Waals surface area contributed by atoms with Gasteiger partial charge < -0.3 is 14.8 Å². The van der Waals surface area contributed by atoms with Crippen molar-refractivity contribution in [3.63, 3.8) is 0 Å². The molecule has 0 spiro atoms. The van der Waals surface area contributed by atoms with E-state index in [-0.39, 0.29) is 17.7 Å². The molecule has 1 saturated heterocycles. The summed E-state index contributed by atoms with van der Waals surface area (Å²) in [6, 6.07) is 5.79. The molecule has 1 aliphatic heterocycles. The number of amides is 1. The average molecular weight is 294 g/mol. The van der Waals surface area contributed by atoms with Crippen molar-refractivity contribution < 1.29 is 19.2 Å². The fourth-order valence-electron chi connectivity index (χ4n) is 2.04. The van der Waals surface area contributed by atoms with Gasteiger partial charge in [-0.3, -0.25) is 14.9 Å². The number of carbonyl (C=O) groups is 1. The first-order valence-electron chi connectivity index (χ1n) is 6.85. The summed E-state index contributed by atoms with van der Waals surface area (Å²) in [7, 11) is 0. The molecule has 0 radical (unpaired) electrons. The van der Waals surface area contributed by atoms with Crippen LogP contribution >= 0.6 is 0 Å². The molecule has 1 aromatic rings. The Morgan fingerprint density at radius 3 is 3.10 bits per heavy atom. The molecule has 0 aromatic heterocycles. The molecule has 1 N–H and O–H groups in total. The molecule has 7 nitrogen and oxygen atoms in total. The molecular formula is C14H18N2O5. The number of benzene rings is 1. The van der Waals surface area contributed by atoms with Crippen molar-refractivity contribution in [1.82, 2.24) is 0 Å². The summed E-state index contributed by atoms with van der Waals surface area (Å²) in [5, 5.41) is 13.3. The zero-order valence-electron chi connectivity index (χ0n) is 11.8. The Hall–Kier alpha value is -1.99. The highest BCUT2D eigenvalue weighted by molar-refractivity contribution is 5.94. The number of nitrogens with one attached hydrogen (secondary N) is 1. The summed E-state index contributed by atoms with van der Waals surface area (Å²) in [6.45, 7) is 2.76. The predicted molar refractivity (Wildman–Crippen MR) is 76.1 cm³/mol. The van der Waals surface area contributed by atoms with Gasteiger partial charge >= 0.3 is 0 Å². The fraction of sp³-hybridized carbons (Fsp3) is 0.500. The lowest BCUT2D eigenvalue weighted by Gasteiger charge is -2.16. The topological polar surface area (TPSA) is 90.7 Å². The standard InChI is InChI=1S/C14H18N2O5/c1-10(21-9-13-6-3-7-20-13)14(17)15-11-4-2-5-12(8-11)16(18)19/h2,4-5,8,10,13H,3,6-7,9H2,1H3,(H,15,17)/t10-,13-/m0/s1. The van der Waals surface area contributed by atoms with Gasteiger partial charge in [-0.05, 0) is 25.8 Å². The van der Waals surface area contributed by atoms with Crippen LogP contribution in [0.3, 0.4) is 0 Å². The van der Waals surface area contributed by atoms with Gasteiger partial charge in [0.15, 0.2) is 0 Å². The van der Waals surface area contributed by atoms with Crippen molar-refractivity contribution in [1.29, 1.82) is 0 Å². The minimum absolute atomic E-state index is 0.0538. The Morgan fingerprint density at radius 1 is 1.62 bits per heavy atom. The maximum atomic E-state index is 12.0. The zero-order chi connectivity index (χ0) is 15.2. The largest absolute Gasteiger partial charge is 0.376 e. The molecule has 1 amide bonds. The van der Waals surface area contributed by atoms with Crippen molar-refractivity contribution >= 4 is 17.3 Å². The molecule has 0 bridgehead atoms. The van der Waals surface area contributed by atoms with Crippen LogP contribution < -0.4 is 5.32 Å². The number of nitro groups is 1. The SMILES string of the molecule is C[C@H](OC[C@@H]1CCCO1)C(=O)Nc1cccc([N+](=O)[O-])c1. The molecule has 21 heavy (non-hydrogen) atoms. The summed E-state index contributed by atoms with van der Waals surface area (Å²) in [4.78, 5) is 22.1. The first kappa shape index (κ1) is 15.4. The summed E-state index contributed by atoms with van der Waals surface area (Å²) >= 11 is 0. The van der Waals surface area contributed by atoms with Crippen molar-refractivity contribution in [3.05, 3.63) is 34.4 Å². The van der Waals surface area contributed by atoms with Crippen LogP contribution in [-0.4, -0.2) is 36.3 Å². The van der Waals surface area contributed by atoms with E-state index in [1.54, 1.807) is 13.0 Å². The number of anilines is 1. The highest BCUT2D eigenvalue weighted by Crippen LogP contribution is 2.18. The van der Waals surface area contributed by atoms with Crippen molar-refractivity contribution in [2.75, 3.05) is 18.5 Å². The monoisotopic (exact) mass is 294 g/mol. The molecule has 2 rings (SSSR count). The van der Waals surface area contributed by atoms with Gasteiger partial charge in [0, 0.05) is 24.4 Å². The lowest BCUT2D eigenvalue weighted by molar-refractivity contribution is -0.384. The van der Waals surface area contributed by atoms with E-state index in [1.807, 2.05) is 0 Å². The Labute approximate surface area is 122 Å². The lowest BCUT2D eigenvalue weighted by Crippen LogP contribution is -2.30. The van der Waals surface area contributed by atoms with Gasteiger partial charge in [-0.2, -0.15) is 0 Å². The molecule has 1 aliphatic rings. The van der Waals surface area contributed by atoms with Crippen molar-refractivity contribution in [3.8, 4) is 0 Å². The molecule has 0 unspecified atom stereocenters. The number of non-ortho nitro benzene ring substituents is 1. The Bertz CT molecular complexity index is 514. The van der Waals surface area contributed by atoms with E-state index >= 15 is 0 Å². The summed E-state index contributed by atoms with van der Waals surface area (Å²) in [6.07, 6.45) is 1.37. The number of hydrogen-bond acceptors (Lipinski definition) is 5. The Balaban J connectivity index is 1.84. The van der Waals surface area contributed by atoms with E-state index in [1.165, 1.54) is 18.2 Å². The van der Waals surface area contributed by atoms with Gasteiger partial charge in [0.05, 0.1) is 17.6 Å². The van der Waals surface area contributed by atoms with Gasteiger partial charge in [-0.15, -0.1) is 0 Å². The quantitative estimate of drug-likeness (QED) is 0.641. The molecule has 1 heterocycles. The van der Waals surface area contributed by atoms with Crippen LogP contribution in [0, 0.1) is 10.1 Å². The number of hydrogen-bond donors (Lipinski definition) is 1. The van der Waals surface area contributed by atoms with Gasteiger partial charge in [-0.25, -0.2) is 0 Å². The average Bonchev–Trinajstić information content (AvgIpc) is 2.98. The Kier molecular flexibility index (Phi) is 5.24. The molecule has 7 heteroatoms. The highest BCUT2D eigenvalue weighted by atomic mass is 16.6. The minimum Gasteiger partial charge on any atom is -0.376 e. The third-order valence-corrected chi connectivity index (χ3v) is 3.25. The normalized spacial score (nSPS) is 19.2. The van der Waals surface area contributed by atoms with Crippen LogP contribution in [0.1, 0.15) is 19.8 Å². The molecule has 0 saturated carbocycles. The fourth-order valence-corrected chi connectivity index (χ4v) is 2.04. The first-order chi connectivity index (χ1) is 10.1. The molecule has 0 aliphatic carbocycles. The lowest BCUT2D eigenvalue weighted by atomic mass is 10.2. The number of nitro benzene ring substituents is 1. The van der Waals surface area contributed by atoms with Crippen LogP contribution in [0.25, 0.3) is 0 Å². The van der Waals surface area contributed by atoms with Crippen LogP contribution in [0.2, 0.25) is 0 Å². The second-order valence-electron chi connectivity index (χ2n) is 4.91. The van der Waals surface area contributed by atoms with Gasteiger partial charge in [0.2, 0.25) is 0 Å². The third-order valence-electron chi connectivity index (χ3n) is 3.25. The van der Waals surface area contributed by atoms with Gasteiger partial charge in [-0.1, -0.05) is 6.07 Å². The number of carbonyl (C=O) groups excluding carboxylic acids is 1. The van der Waals surface area contributed by atoms with Gasteiger partial charge in [0.25, 0.3) is 11.6 Å². The van der Waals surface area contributed by atoms with Crippen LogP contribution in [-0.2, 0) is 14.3 Å². The summed E-state index contributed by atoms with van der Waals surface area (Å²) in [5.41, 5.74) is 0.308. The third kappa shape index (κ3) is 4.51. The molecule has 114 valence electrons. The maximum Gasteiger partial charge on any atom is 0.271 e. The Morgan fingerprint density at radius 2 is 2.43 bits per heavy atom. The molecule has 1 fully saturated rings. The number of nitrogens with zero attached hydrogens (tertiary/aromatic N) is 1. The number of ether oxygens (including phenoxy) is 2. The van der Waals surface area contributed by atoms with Crippen LogP contribution in [0.15, 0.2) is 24.3 Å². The smallest absolute Gasteiger partial charge is 0.271 e. The predicted octanol–water partition coefficient (Wildman–Crippen LogP) is 2.12.